The molecule has 0 spiro atoms. The van der Waals surface area contributed by atoms with Gasteiger partial charge in [0.05, 0.1) is 5.25 Å². The minimum absolute atomic E-state index is 0. The Labute approximate surface area is 201 Å². The van der Waals surface area contributed by atoms with Crippen LogP contribution in [-0.2, 0) is 24.4 Å². The first-order valence-corrected chi connectivity index (χ1v) is 10.0. The van der Waals surface area contributed by atoms with Crippen LogP contribution in [0.2, 0.25) is 0 Å². The van der Waals surface area contributed by atoms with Crippen LogP contribution in [0, 0.1) is 0 Å². The number of hydrogen-bond donors (Lipinski definition) is 0. The Morgan fingerprint density at radius 2 is 1.50 bits per heavy atom. The zero-order chi connectivity index (χ0) is 18.6. The molecular formula is C16H28Na2O7S. The molecule has 0 bridgehead atoms. The molecule has 142 valence electrons. The van der Waals surface area contributed by atoms with Gasteiger partial charge in [-0.25, -0.2) is 8.42 Å². The number of unbranched alkanes of at least 4 members (excludes halogenated alkanes) is 4. The fourth-order valence-corrected chi connectivity index (χ4v) is 3.52. The van der Waals surface area contributed by atoms with Crippen LogP contribution in [0.4, 0.5) is 0 Å². The second kappa shape index (κ2) is 17.9. The first-order valence-electron chi connectivity index (χ1n) is 8.56. The smallest absolute Gasteiger partial charge is 0.748 e. The molecule has 0 N–H and O–H groups in total. The average Bonchev–Trinajstić information content (AvgIpc) is 2.45. The Morgan fingerprint density at radius 1 is 0.962 bits per heavy atom. The van der Waals surface area contributed by atoms with Crippen LogP contribution in [0.1, 0.15) is 78.1 Å². The summed E-state index contributed by atoms with van der Waals surface area (Å²) in [7, 11) is -4.54. The van der Waals surface area contributed by atoms with Crippen LogP contribution >= 0.6 is 0 Å². The first-order chi connectivity index (χ1) is 11.2. The number of rotatable bonds is 14. The standard InChI is InChI=1S/C16H30O7S.2Na/c1-3-10-16(19)23-13(14(4-2)24(20,21)22)11-8-6-5-7-9-12-15(17)18;;/h13-14H,3-12H2,1-2H3,(H,17,18)(H,20,21,22);;/q;2*+1/p-2. The van der Waals surface area contributed by atoms with Gasteiger partial charge < -0.3 is 19.2 Å². The van der Waals surface area contributed by atoms with Gasteiger partial charge in [0.2, 0.25) is 0 Å². The van der Waals surface area contributed by atoms with E-state index in [9.17, 15) is 27.7 Å². The molecule has 0 aromatic rings. The van der Waals surface area contributed by atoms with E-state index in [2.05, 4.69) is 0 Å². The van der Waals surface area contributed by atoms with Gasteiger partial charge in [-0.1, -0.05) is 33.1 Å². The molecule has 0 aromatic carbocycles. The third kappa shape index (κ3) is 15.9. The maximum absolute atomic E-state index is 11.7. The number of carboxylic acid groups (broad SMARTS) is 1. The van der Waals surface area contributed by atoms with Gasteiger partial charge in [-0.15, -0.1) is 0 Å². The summed E-state index contributed by atoms with van der Waals surface area (Å²) in [6.07, 6.45) is 3.76. The Balaban J connectivity index is -0.00000264. The zero-order valence-electron chi connectivity index (χ0n) is 16.5. The molecule has 0 saturated heterocycles. The minimum atomic E-state index is -4.54. The zero-order valence-corrected chi connectivity index (χ0v) is 21.3. The molecule has 0 rings (SSSR count). The van der Waals surface area contributed by atoms with Gasteiger partial charge in [-0.2, -0.15) is 0 Å². The number of esters is 1. The van der Waals surface area contributed by atoms with Crippen molar-refractivity contribution in [2.24, 2.45) is 0 Å². The Kier molecular flexibility index (Phi) is 21.7. The Hall–Kier alpha value is 0.850. The van der Waals surface area contributed by atoms with E-state index in [0.717, 1.165) is 19.3 Å². The molecule has 0 fully saturated rings. The van der Waals surface area contributed by atoms with Crippen LogP contribution in [-0.4, -0.2) is 36.3 Å². The first kappa shape index (κ1) is 31.5. The predicted molar refractivity (Wildman–Crippen MR) is 85.9 cm³/mol. The van der Waals surface area contributed by atoms with Crippen molar-refractivity contribution in [1.29, 1.82) is 0 Å². The summed E-state index contributed by atoms with van der Waals surface area (Å²) in [5, 5.41) is 9.06. The molecular weight excluding hydrogens is 382 g/mol. The second-order valence-electron chi connectivity index (χ2n) is 5.90. The molecule has 0 aromatic heterocycles. The van der Waals surface area contributed by atoms with Gasteiger partial charge in [0.25, 0.3) is 0 Å². The maximum Gasteiger partial charge on any atom is 1.00 e. The molecule has 7 nitrogen and oxygen atoms in total. The van der Waals surface area contributed by atoms with Crippen LogP contribution < -0.4 is 64.2 Å². The third-order valence-corrected chi connectivity index (χ3v) is 5.17. The Bertz CT molecular complexity index is 483. The van der Waals surface area contributed by atoms with Crippen molar-refractivity contribution in [3.63, 3.8) is 0 Å². The third-order valence-electron chi connectivity index (χ3n) is 3.79. The molecule has 26 heavy (non-hydrogen) atoms. The number of hydrogen-bond acceptors (Lipinski definition) is 7. The summed E-state index contributed by atoms with van der Waals surface area (Å²) in [4.78, 5) is 21.9. The van der Waals surface area contributed by atoms with E-state index < -0.39 is 33.4 Å². The molecule has 2 atom stereocenters. The van der Waals surface area contributed by atoms with E-state index in [-0.39, 0.29) is 78.4 Å². The van der Waals surface area contributed by atoms with Gasteiger partial charge in [0, 0.05) is 12.4 Å². The van der Waals surface area contributed by atoms with Gasteiger partial charge >= 0.3 is 65.1 Å². The van der Waals surface area contributed by atoms with E-state index in [1.807, 2.05) is 6.92 Å². The summed E-state index contributed by atoms with van der Waals surface area (Å²) in [6, 6.07) is 0. The fourth-order valence-electron chi connectivity index (χ4n) is 2.55. The summed E-state index contributed by atoms with van der Waals surface area (Å²) < 4.78 is 39.3. The summed E-state index contributed by atoms with van der Waals surface area (Å²) in [5.41, 5.74) is 0. The molecule has 0 radical (unpaired) electrons. The van der Waals surface area contributed by atoms with Crippen molar-refractivity contribution in [3.05, 3.63) is 0 Å². The van der Waals surface area contributed by atoms with Crippen molar-refractivity contribution in [3.8, 4) is 0 Å². The second-order valence-corrected chi connectivity index (χ2v) is 7.49. The summed E-state index contributed by atoms with van der Waals surface area (Å²) in [6.45, 7) is 3.39. The number of carboxylic acids is 1. The number of aliphatic carboxylic acids is 1. The monoisotopic (exact) mass is 410 g/mol. The predicted octanol–water partition coefficient (Wildman–Crippen LogP) is -4.49. The van der Waals surface area contributed by atoms with Crippen molar-refractivity contribution in [2.45, 2.75) is 89.4 Å². The quantitative estimate of drug-likeness (QED) is 0.122. The summed E-state index contributed by atoms with van der Waals surface area (Å²) >= 11 is 0. The van der Waals surface area contributed by atoms with Gasteiger partial charge in [-0.3, -0.25) is 4.79 Å². The molecule has 0 heterocycles. The van der Waals surface area contributed by atoms with Crippen LogP contribution in [0.5, 0.6) is 0 Å². The molecule has 0 aliphatic heterocycles. The summed E-state index contributed by atoms with van der Waals surface area (Å²) in [5.74, 6) is -1.55. The maximum atomic E-state index is 11.7. The fraction of sp³-hybridized carbons (Fsp3) is 0.875. The molecule has 0 aliphatic rings. The van der Waals surface area contributed by atoms with E-state index in [4.69, 9.17) is 4.74 Å². The molecule has 10 heteroatoms. The minimum Gasteiger partial charge on any atom is -0.748 e. The van der Waals surface area contributed by atoms with E-state index in [1.165, 1.54) is 0 Å². The largest absolute Gasteiger partial charge is 1.00 e. The molecule has 0 amide bonds. The normalized spacial score (nSPS) is 13.0. The van der Waals surface area contributed by atoms with Crippen molar-refractivity contribution in [1.82, 2.24) is 0 Å². The van der Waals surface area contributed by atoms with Gasteiger partial charge in [0.1, 0.15) is 16.2 Å². The van der Waals surface area contributed by atoms with Crippen LogP contribution in [0.25, 0.3) is 0 Å². The number of ether oxygens (including phenoxy) is 1. The average molecular weight is 410 g/mol. The van der Waals surface area contributed by atoms with Gasteiger partial charge in [0.15, 0.2) is 0 Å². The van der Waals surface area contributed by atoms with Crippen LogP contribution in [0.3, 0.4) is 0 Å². The van der Waals surface area contributed by atoms with Crippen molar-refractivity contribution < 1.29 is 91.5 Å². The van der Waals surface area contributed by atoms with E-state index >= 15 is 0 Å². The van der Waals surface area contributed by atoms with Crippen molar-refractivity contribution in [2.75, 3.05) is 0 Å². The van der Waals surface area contributed by atoms with E-state index in [0.29, 0.717) is 25.7 Å². The SMILES string of the molecule is CCCC(=O)OC(CCCCCCCC(=O)[O-])C(CC)S(=O)(=O)[O-].[Na+].[Na+]. The molecule has 0 saturated carbocycles. The number of carbonyl (C=O) groups excluding carboxylic acids is 2. The number of carbonyl (C=O) groups is 2. The topological polar surface area (TPSA) is 124 Å². The Morgan fingerprint density at radius 3 is 1.96 bits per heavy atom. The molecule has 2 unspecified atom stereocenters. The van der Waals surface area contributed by atoms with E-state index in [1.54, 1.807) is 6.92 Å². The molecule has 0 aliphatic carbocycles. The van der Waals surface area contributed by atoms with Crippen LogP contribution in [0.15, 0.2) is 0 Å². The van der Waals surface area contributed by atoms with Gasteiger partial charge in [-0.05, 0) is 38.5 Å². The van der Waals surface area contributed by atoms with Crippen molar-refractivity contribution >= 4 is 22.1 Å².